The van der Waals surface area contributed by atoms with Gasteiger partial charge in [0.15, 0.2) is 0 Å². The van der Waals surface area contributed by atoms with Gasteiger partial charge in [0.25, 0.3) is 0 Å². The SMILES string of the molecule is CN(CC(=O)OC(C)(C)C)CC(=O)OC(C)(C)C.CNC(=O)OC(C)(C)C.CNC(C)(C)C.CNOC(C)(C)C. The molecule has 0 spiro atoms. The first-order valence-electron chi connectivity index (χ1n) is 13.5. The van der Waals surface area contributed by atoms with Crippen molar-refractivity contribution in [3.8, 4) is 0 Å². The average Bonchev–Trinajstić information content (AvgIpc) is 2.63. The van der Waals surface area contributed by atoms with Gasteiger partial charge >= 0.3 is 18.0 Å². The minimum absolute atomic E-state index is 0.0608. The van der Waals surface area contributed by atoms with Crippen molar-refractivity contribution < 1.29 is 33.4 Å². The van der Waals surface area contributed by atoms with Crippen LogP contribution in [0.5, 0.6) is 0 Å². The van der Waals surface area contributed by atoms with Crippen LogP contribution in [0, 0.1) is 0 Å². The Hall–Kier alpha value is -1.95. The fraction of sp³-hybridized carbons (Fsp3) is 0.897. The van der Waals surface area contributed by atoms with E-state index in [1.165, 1.54) is 7.05 Å². The molecule has 0 rings (SSSR count). The molecule has 242 valence electrons. The molecular formula is C29H64N4O7. The number of hydrogen-bond donors (Lipinski definition) is 3. The van der Waals surface area contributed by atoms with Gasteiger partial charge in [0.05, 0.1) is 18.7 Å². The standard InChI is InChI=1S/C13H25NO4.C6H13NO2.C5H13NO.C5H13N/c1-12(2,3)17-10(15)8-14(7)9-11(16)18-13(4,5)6;1-6(2,3)9-5(8)7-4;1-5(2,3)7-6-4;1-5(2,3)6-4/h8-9H2,1-7H3;1-4H3,(H,7,8);6H,1-4H3;6H,1-4H3. The largest absolute Gasteiger partial charge is 0.459 e. The molecule has 0 fully saturated rings. The van der Waals surface area contributed by atoms with Crippen LogP contribution in [0.15, 0.2) is 0 Å². The van der Waals surface area contributed by atoms with E-state index in [0.717, 1.165) is 0 Å². The number of ether oxygens (including phenoxy) is 3. The maximum atomic E-state index is 11.5. The molecule has 1 amide bonds. The topological polar surface area (TPSA) is 127 Å². The van der Waals surface area contributed by atoms with E-state index in [1.807, 2.05) is 48.6 Å². The average molecular weight is 581 g/mol. The molecule has 3 N–H and O–H groups in total. The lowest BCUT2D eigenvalue weighted by molar-refractivity contribution is -0.159. The minimum atomic E-state index is -0.510. The zero-order valence-electron chi connectivity index (χ0n) is 29.2. The monoisotopic (exact) mass is 580 g/mol. The first kappa shape index (κ1) is 45.1. The number of esters is 2. The van der Waals surface area contributed by atoms with Gasteiger partial charge in [-0.25, -0.2) is 10.3 Å². The van der Waals surface area contributed by atoms with Crippen LogP contribution in [0.25, 0.3) is 0 Å². The lowest BCUT2D eigenvalue weighted by Crippen LogP contribution is -2.37. The van der Waals surface area contributed by atoms with E-state index in [9.17, 15) is 14.4 Å². The summed E-state index contributed by atoms with van der Waals surface area (Å²) in [5.74, 6) is -0.706. The predicted octanol–water partition coefficient (Wildman–Crippen LogP) is 4.68. The number of nitrogens with one attached hydrogen (secondary N) is 3. The molecular weight excluding hydrogens is 516 g/mol. The lowest BCUT2D eigenvalue weighted by Gasteiger charge is -2.24. The second-order valence-corrected chi connectivity index (χ2v) is 14.0. The third-order valence-corrected chi connectivity index (χ3v) is 3.40. The van der Waals surface area contributed by atoms with Crippen LogP contribution in [0.3, 0.4) is 0 Å². The summed E-state index contributed by atoms with van der Waals surface area (Å²) in [6.07, 6.45) is -0.387. The second-order valence-electron chi connectivity index (χ2n) is 14.0. The molecule has 40 heavy (non-hydrogen) atoms. The number of nitrogens with zero attached hydrogens (tertiary/aromatic N) is 1. The Balaban J connectivity index is -0.000000245. The maximum absolute atomic E-state index is 11.5. The van der Waals surface area contributed by atoms with Crippen LogP contribution in [0.2, 0.25) is 0 Å². The maximum Gasteiger partial charge on any atom is 0.407 e. The molecule has 0 aliphatic heterocycles. The van der Waals surface area contributed by atoms with Crippen molar-refractivity contribution in [2.45, 2.75) is 132 Å². The Morgan fingerprint density at radius 3 is 1.00 bits per heavy atom. The Morgan fingerprint density at radius 1 is 0.575 bits per heavy atom. The summed E-state index contributed by atoms with van der Waals surface area (Å²) >= 11 is 0. The van der Waals surface area contributed by atoms with E-state index in [-0.39, 0.29) is 42.3 Å². The quantitative estimate of drug-likeness (QED) is 0.240. The Kier molecular flexibility index (Phi) is 22.5. The van der Waals surface area contributed by atoms with Crippen molar-refractivity contribution >= 4 is 18.0 Å². The van der Waals surface area contributed by atoms with Crippen LogP contribution in [-0.2, 0) is 28.6 Å². The normalized spacial score (nSPS) is 11.9. The Bertz CT molecular complexity index is 664. The van der Waals surface area contributed by atoms with Crippen LogP contribution in [-0.4, -0.2) is 92.2 Å². The van der Waals surface area contributed by atoms with Crippen molar-refractivity contribution in [2.75, 3.05) is 41.3 Å². The fourth-order valence-corrected chi connectivity index (χ4v) is 1.88. The highest BCUT2D eigenvalue weighted by molar-refractivity contribution is 5.75. The van der Waals surface area contributed by atoms with Gasteiger partial charge < -0.3 is 24.8 Å². The van der Waals surface area contributed by atoms with Gasteiger partial charge in [0.2, 0.25) is 0 Å². The summed E-state index contributed by atoms with van der Waals surface area (Å²) in [4.78, 5) is 40.1. The molecule has 0 aromatic heterocycles. The smallest absolute Gasteiger partial charge is 0.407 e. The molecule has 0 aromatic carbocycles. The highest BCUT2D eigenvalue weighted by Gasteiger charge is 2.21. The van der Waals surface area contributed by atoms with Crippen molar-refractivity contribution in [2.24, 2.45) is 0 Å². The summed E-state index contributed by atoms with van der Waals surface area (Å²) in [6.45, 7) is 28.8. The summed E-state index contributed by atoms with van der Waals surface area (Å²) in [6, 6.07) is 0. The van der Waals surface area contributed by atoms with Crippen LogP contribution < -0.4 is 16.1 Å². The van der Waals surface area contributed by atoms with Gasteiger partial charge in [0, 0.05) is 19.6 Å². The van der Waals surface area contributed by atoms with E-state index in [0.29, 0.717) is 5.54 Å². The van der Waals surface area contributed by atoms with E-state index >= 15 is 0 Å². The molecule has 0 aliphatic rings. The third-order valence-electron chi connectivity index (χ3n) is 3.40. The number of alkyl carbamates (subject to hydrolysis) is 1. The highest BCUT2D eigenvalue weighted by atomic mass is 16.7. The molecule has 0 atom stereocenters. The summed E-state index contributed by atoms with van der Waals surface area (Å²) < 4.78 is 15.2. The molecule has 0 aliphatic carbocycles. The molecule has 0 radical (unpaired) electrons. The minimum Gasteiger partial charge on any atom is -0.459 e. The zero-order chi connectivity index (χ0) is 33.2. The van der Waals surface area contributed by atoms with E-state index in [2.05, 4.69) is 36.9 Å². The fourth-order valence-electron chi connectivity index (χ4n) is 1.88. The second kappa shape index (κ2) is 20.0. The van der Waals surface area contributed by atoms with Gasteiger partial charge in [-0.15, -0.1) is 0 Å². The number of hydrogen-bond acceptors (Lipinski definition) is 10. The molecule has 0 saturated heterocycles. The van der Waals surface area contributed by atoms with Crippen molar-refractivity contribution in [1.29, 1.82) is 0 Å². The lowest BCUT2D eigenvalue weighted by atomic mass is 10.1. The van der Waals surface area contributed by atoms with Crippen molar-refractivity contribution in [1.82, 2.24) is 21.0 Å². The van der Waals surface area contributed by atoms with Gasteiger partial charge in [-0.3, -0.25) is 19.3 Å². The van der Waals surface area contributed by atoms with E-state index < -0.39 is 11.2 Å². The third kappa shape index (κ3) is 49.0. The number of likely N-dealkylation sites (N-methyl/N-ethyl adjacent to an activating group) is 1. The first-order chi connectivity index (χ1) is 17.5. The molecule has 0 saturated carbocycles. The first-order valence-corrected chi connectivity index (χ1v) is 13.5. The van der Waals surface area contributed by atoms with E-state index in [4.69, 9.17) is 19.0 Å². The summed E-state index contributed by atoms with van der Waals surface area (Å²) in [5.41, 5.74) is 1.43. The predicted molar refractivity (Wildman–Crippen MR) is 163 cm³/mol. The molecule has 11 nitrogen and oxygen atoms in total. The van der Waals surface area contributed by atoms with Crippen molar-refractivity contribution in [3.63, 3.8) is 0 Å². The number of rotatable bonds is 5. The van der Waals surface area contributed by atoms with E-state index in [1.54, 1.807) is 60.5 Å². The summed E-state index contributed by atoms with van der Waals surface area (Å²) in [5, 5.41) is 5.46. The number of carbonyl (C=O) groups excluding carboxylic acids is 3. The molecule has 0 aromatic rings. The van der Waals surface area contributed by atoms with Gasteiger partial charge in [-0.2, -0.15) is 0 Å². The summed E-state index contributed by atoms with van der Waals surface area (Å²) in [7, 11) is 6.92. The van der Waals surface area contributed by atoms with Gasteiger partial charge in [0.1, 0.15) is 16.8 Å². The number of amides is 1. The van der Waals surface area contributed by atoms with Crippen LogP contribution in [0.1, 0.15) is 104 Å². The Labute approximate surface area is 245 Å². The zero-order valence-corrected chi connectivity index (χ0v) is 29.2. The van der Waals surface area contributed by atoms with Gasteiger partial charge in [-0.1, -0.05) is 0 Å². The number of hydroxylamine groups is 1. The molecule has 0 heterocycles. The number of carbonyl (C=O) groups is 3. The van der Waals surface area contributed by atoms with Crippen molar-refractivity contribution in [3.05, 3.63) is 0 Å². The molecule has 0 unspecified atom stereocenters. The van der Waals surface area contributed by atoms with Crippen LogP contribution >= 0.6 is 0 Å². The van der Waals surface area contributed by atoms with Crippen LogP contribution in [0.4, 0.5) is 4.79 Å². The van der Waals surface area contributed by atoms with Gasteiger partial charge in [-0.05, 0) is 118 Å². The molecule has 0 bridgehead atoms. The highest BCUT2D eigenvalue weighted by Crippen LogP contribution is 2.09. The Morgan fingerprint density at radius 2 is 0.875 bits per heavy atom. The molecule has 11 heteroatoms.